The van der Waals surface area contributed by atoms with Gasteiger partial charge in [-0.3, -0.25) is 14.2 Å². The largest absolute Gasteiger partial charge is 0.385 e. The van der Waals surface area contributed by atoms with Gasteiger partial charge in [-0.25, -0.2) is 0 Å². The van der Waals surface area contributed by atoms with Crippen molar-refractivity contribution in [3.05, 3.63) is 86.9 Å². The van der Waals surface area contributed by atoms with Crippen molar-refractivity contribution in [2.75, 3.05) is 20.3 Å². The van der Waals surface area contributed by atoms with Gasteiger partial charge in [0.15, 0.2) is 4.77 Å². The summed E-state index contributed by atoms with van der Waals surface area (Å²) in [6.45, 7) is 1.75. The molecule has 1 atom stereocenters. The van der Waals surface area contributed by atoms with Crippen LogP contribution in [-0.4, -0.2) is 40.6 Å². The van der Waals surface area contributed by atoms with E-state index >= 15 is 0 Å². The molecule has 1 saturated heterocycles. The zero-order valence-corrected chi connectivity index (χ0v) is 19.9. The number of hydrogen-bond donors (Lipinski definition) is 1. The van der Waals surface area contributed by atoms with E-state index in [1.807, 2.05) is 17.0 Å². The van der Waals surface area contributed by atoms with Gasteiger partial charge in [-0.15, -0.1) is 0 Å². The molecule has 1 amide bonds. The standard InChI is InChI=1S/C27H27N3O3S/c1-33-16-6-15-30-26(32)22-13-12-19(17-23(22)28-27(30)34)25(31)29-14-5-11-24(29)21-10-4-8-18-7-2-3-9-20(18)21/h2-4,7-10,12-13,17,24H,5-6,11,14-16H2,1H3,(H,28,34)/t24-/m0/s1. The summed E-state index contributed by atoms with van der Waals surface area (Å²) < 4.78 is 6.99. The summed E-state index contributed by atoms with van der Waals surface area (Å²) in [4.78, 5) is 31.7. The highest BCUT2D eigenvalue weighted by Gasteiger charge is 2.31. The first-order valence-electron chi connectivity index (χ1n) is 11.6. The molecule has 34 heavy (non-hydrogen) atoms. The number of nitrogens with zero attached hydrogens (tertiary/aromatic N) is 2. The SMILES string of the molecule is COCCCn1c(=S)[nH]c2cc(C(=O)N3CCC[C@H]3c3cccc4ccccc34)ccc2c1=O. The molecular formula is C27H27N3O3S. The molecule has 3 aromatic carbocycles. The molecule has 0 radical (unpaired) electrons. The zero-order valence-electron chi connectivity index (χ0n) is 19.1. The third-order valence-electron chi connectivity index (χ3n) is 6.66. The summed E-state index contributed by atoms with van der Waals surface area (Å²) in [7, 11) is 1.63. The number of amides is 1. The second-order valence-electron chi connectivity index (χ2n) is 8.72. The monoisotopic (exact) mass is 473 g/mol. The maximum absolute atomic E-state index is 13.6. The van der Waals surface area contributed by atoms with Gasteiger partial charge in [-0.1, -0.05) is 42.5 Å². The number of benzene rings is 3. The quantitative estimate of drug-likeness (QED) is 0.308. The molecule has 1 aliphatic heterocycles. The molecule has 1 aliphatic rings. The van der Waals surface area contributed by atoms with Crippen LogP contribution >= 0.6 is 12.2 Å². The van der Waals surface area contributed by atoms with Crippen molar-refractivity contribution in [2.45, 2.75) is 31.8 Å². The number of methoxy groups -OCH3 is 1. The van der Waals surface area contributed by atoms with Crippen molar-refractivity contribution in [1.29, 1.82) is 0 Å². The minimum Gasteiger partial charge on any atom is -0.385 e. The number of aromatic amines is 1. The number of ether oxygens (including phenoxy) is 1. The lowest BCUT2D eigenvalue weighted by Crippen LogP contribution is -2.31. The third kappa shape index (κ3) is 4.06. The van der Waals surface area contributed by atoms with Crippen molar-refractivity contribution in [3.8, 4) is 0 Å². The molecule has 0 saturated carbocycles. The summed E-state index contributed by atoms with van der Waals surface area (Å²) in [6.07, 6.45) is 2.59. The summed E-state index contributed by atoms with van der Waals surface area (Å²) in [5.74, 6) is -0.0269. The van der Waals surface area contributed by atoms with Crippen LogP contribution in [-0.2, 0) is 11.3 Å². The van der Waals surface area contributed by atoms with Crippen LogP contribution in [0.1, 0.15) is 41.2 Å². The number of aromatic nitrogens is 2. The molecule has 6 nitrogen and oxygen atoms in total. The molecular weight excluding hydrogens is 446 g/mol. The lowest BCUT2D eigenvalue weighted by Gasteiger charge is -2.26. The van der Waals surface area contributed by atoms with Crippen LogP contribution in [0.3, 0.4) is 0 Å². The molecule has 0 aliphatic carbocycles. The Morgan fingerprint density at radius 1 is 1.12 bits per heavy atom. The second-order valence-corrected chi connectivity index (χ2v) is 9.11. The van der Waals surface area contributed by atoms with Crippen molar-refractivity contribution in [1.82, 2.24) is 14.5 Å². The molecule has 0 bridgehead atoms. The van der Waals surface area contributed by atoms with Crippen molar-refractivity contribution in [2.24, 2.45) is 0 Å². The van der Waals surface area contributed by atoms with Gasteiger partial charge in [0.1, 0.15) is 0 Å². The number of likely N-dealkylation sites (tertiary alicyclic amines) is 1. The second kappa shape index (κ2) is 9.52. The van der Waals surface area contributed by atoms with Gasteiger partial charge in [0.25, 0.3) is 11.5 Å². The van der Waals surface area contributed by atoms with Crippen LogP contribution in [0, 0.1) is 4.77 Å². The van der Waals surface area contributed by atoms with Gasteiger partial charge >= 0.3 is 0 Å². The predicted molar refractivity (Wildman–Crippen MR) is 137 cm³/mol. The molecule has 174 valence electrons. The number of hydrogen-bond acceptors (Lipinski definition) is 4. The maximum atomic E-state index is 13.6. The first kappa shape index (κ1) is 22.5. The highest BCUT2D eigenvalue weighted by Crippen LogP contribution is 2.37. The van der Waals surface area contributed by atoms with Crippen LogP contribution in [0.4, 0.5) is 0 Å². The van der Waals surface area contributed by atoms with Crippen LogP contribution in [0.5, 0.6) is 0 Å². The topological polar surface area (TPSA) is 67.3 Å². The summed E-state index contributed by atoms with van der Waals surface area (Å²) in [5, 5.41) is 2.89. The molecule has 5 rings (SSSR count). The Morgan fingerprint density at radius 3 is 2.79 bits per heavy atom. The maximum Gasteiger partial charge on any atom is 0.262 e. The molecule has 2 heterocycles. The first-order valence-corrected chi connectivity index (χ1v) is 12.0. The fourth-order valence-electron chi connectivity index (χ4n) is 5.00. The molecule has 1 N–H and O–H groups in total. The van der Waals surface area contributed by atoms with E-state index in [-0.39, 0.29) is 17.5 Å². The van der Waals surface area contributed by atoms with E-state index in [0.717, 1.165) is 12.8 Å². The van der Waals surface area contributed by atoms with Crippen molar-refractivity contribution < 1.29 is 9.53 Å². The van der Waals surface area contributed by atoms with E-state index in [4.69, 9.17) is 17.0 Å². The van der Waals surface area contributed by atoms with E-state index in [1.54, 1.807) is 29.9 Å². The zero-order chi connectivity index (χ0) is 23.7. The fourth-order valence-corrected chi connectivity index (χ4v) is 5.28. The molecule has 0 spiro atoms. The van der Waals surface area contributed by atoms with Crippen molar-refractivity contribution in [3.63, 3.8) is 0 Å². The normalized spacial score (nSPS) is 15.9. The first-order chi connectivity index (χ1) is 16.6. The third-order valence-corrected chi connectivity index (χ3v) is 6.98. The Kier molecular flexibility index (Phi) is 6.30. The van der Waals surface area contributed by atoms with E-state index in [9.17, 15) is 9.59 Å². The highest BCUT2D eigenvalue weighted by atomic mass is 32.1. The Labute approximate surface area is 202 Å². The number of rotatable bonds is 6. The number of nitrogens with one attached hydrogen (secondary N) is 1. The number of carbonyl (C=O) groups excluding carboxylic acids is 1. The Hall–Kier alpha value is -3.29. The highest BCUT2D eigenvalue weighted by molar-refractivity contribution is 7.71. The average Bonchev–Trinajstić information content (AvgIpc) is 3.34. The molecule has 7 heteroatoms. The van der Waals surface area contributed by atoms with Gasteiger partial charge in [0.2, 0.25) is 0 Å². The van der Waals surface area contributed by atoms with Crippen LogP contribution in [0.15, 0.2) is 65.5 Å². The van der Waals surface area contributed by atoms with Crippen LogP contribution < -0.4 is 5.56 Å². The van der Waals surface area contributed by atoms with Gasteiger partial charge in [-0.2, -0.15) is 0 Å². The lowest BCUT2D eigenvalue weighted by atomic mass is 9.97. The van der Waals surface area contributed by atoms with E-state index in [0.29, 0.717) is 47.4 Å². The molecule has 4 aromatic rings. The van der Waals surface area contributed by atoms with Crippen molar-refractivity contribution >= 4 is 39.8 Å². The van der Waals surface area contributed by atoms with E-state index < -0.39 is 0 Å². The minimum absolute atomic E-state index is 0.0269. The minimum atomic E-state index is -0.149. The Morgan fingerprint density at radius 2 is 1.94 bits per heavy atom. The number of H-pyrrole nitrogens is 1. The number of carbonyl (C=O) groups is 1. The molecule has 1 fully saturated rings. The smallest absolute Gasteiger partial charge is 0.262 e. The Balaban J connectivity index is 1.48. The van der Waals surface area contributed by atoms with E-state index in [2.05, 4.69) is 35.3 Å². The predicted octanol–water partition coefficient (Wildman–Crippen LogP) is 5.23. The van der Waals surface area contributed by atoms with Gasteiger partial charge in [-0.05, 0) is 66.0 Å². The summed E-state index contributed by atoms with van der Waals surface area (Å²) in [6, 6.07) is 19.9. The van der Waals surface area contributed by atoms with Gasteiger partial charge < -0.3 is 14.6 Å². The van der Waals surface area contributed by atoms with Crippen LogP contribution in [0.25, 0.3) is 21.7 Å². The molecule has 0 unspecified atom stereocenters. The van der Waals surface area contributed by atoms with Gasteiger partial charge in [0.05, 0.1) is 16.9 Å². The Bertz CT molecular complexity index is 1490. The van der Waals surface area contributed by atoms with Crippen LogP contribution in [0.2, 0.25) is 0 Å². The number of fused-ring (bicyclic) bond motifs is 2. The average molecular weight is 474 g/mol. The molecule has 1 aromatic heterocycles. The fraction of sp³-hybridized carbons (Fsp3) is 0.296. The summed E-state index contributed by atoms with van der Waals surface area (Å²) in [5.41, 5.74) is 2.18. The summed E-state index contributed by atoms with van der Waals surface area (Å²) >= 11 is 5.43. The van der Waals surface area contributed by atoms with E-state index in [1.165, 1.54) is 16.3 Å². The lowest BCUT2D eigenvalue weighted by molar-refractivity contribution is 0.0736. The van der Waals surface area contributed by atoms with Gasteiger partial charge in [0, 0.05) is 32.4 Å².